The molecule has 0 aromatic rings. The van der Waals surface area contributed by atoms with Gasteiger partial charge in [-0.15, -0.1) is 0 Å². The molecule has 0 fully saturated rings. The van der Waals surface area contributed by atoms with Gasteiger partial charge in [0.2, 0.25) is 6.10 Å². The van der Waals surface area contributed by atoms with E-state index in [-0.39, 0.29) is 6.61 Å². The molecule has 0 aliphatic carbocycles. The van der Waals surface area contributed by atoms with Crippen LogP contribution in [0.4, 0.5) is 0 Å². The molecule has 1 atom stereocenters. The lowest BCUT2D eigenvalue weighted by Crippen LogP contribution is -2.30. The molecule has 0 aliphatic rings. The molecular weight excluding hydrogens is 204 g/mol. The molecule has 15 heavy (non-hydrogen) atoms. The summed E-state index contributed by atoms with van der Waals surface area (Å²) >= 11 is 0. The Kier molecular flexibility index (Phi) is 6.08. The molecule has 6 nitrogen and oxygen atoms in total. The number of rotatable bonds is 5. The van der Waals surface area contributed by atoms with E-state index in [4.69, 9.17) is 0 Å². The molecule has 1 unspecified atom stereocenters. The summed E-state index contributed by atoms with van der Waals surface area (Å²) in [7, 11) is 0. The Hall–Kier alpha value is -1.59. The van der Waals surface area contributed by atoms with E-state index in [1.807, 2.05) is 0 Å². The van der Waals surface area contributed by atoms with Crippen LogP contribution in [0.3, 0.4) is 0 Å². The largest absolute Gasteiger partial charge is 0.463 e. The highest BCUT2D eigenvalue weighted by Crippen LogP contribution is 2.03. The van der Waals surface area contributed by atoms with Crippen molar-refractivity contribution in [3.63, 3.8) is 0 Å². The van der Waals surface area contributed by atoms with Gasteiger partial charge in [-0.1, -0.05) is 0 Å². The molecule has 0 rings (SSSR count). The van der Waals surface area contributed by atoms with E-state index in [9.17, 15) is 14.4 Å². The summed E-state index contributed by atoms with van der Waals surface area (Å²) in [6, 6.07) is 0. The first-order valence-electron chi connectivity index (χ1n) is 4.31. The third kappa shape index (κ3) is 6.48. The van der Waals surface area contributed by atoms with E-state index in [1.54, 1.807) is 6.92 Å². The Morgan fingerprint density at radius 2 is 1.80 bits per heavy atom. The zero-order valence-corrected chi connectivity index (χ0v) is 8.81. The quantitative estimate of drug-likeness (QED) is 0.483. The fraction of sp³-hybridized carbons (Fsp3) is 0.556. The summed E-state index contributed by atoms with van der Waals surface area (Å²) in [5, 5.41) is 0. The van der Waals surface area contributed by atoms with Gasteiger partial charge in [0, 0.05) is 13.8 Å². The molecule has 6 heteroatoms. The molecule has 85 valence electrons. The van der Waals surface area contributed by atoms with Crippen LogP contribution in [-0.4, -0.2) is 30.6 Å². The number of hydrogen-bond donors (Lipinski definition) is 0. The first-order chi connectivity index (χ1) is 6.97. The maximum absolute atomic E-state index is 11.2. The predicted molar refractivity (Wildman–Crippen MR) is 48.3 cm³/mol. The van der Waals surface area contributed by atoms with Crippen molar-refractivity contribution < 1.29 is 28.6 Å². The van der Waals surface area contributed by atoms with E-state index in [0.717, 1.165) is 20.5 Å². The lowest BCUT2D eigenvalue weighted by atomic mass is 10.4. The Morgan fingerprint density at radius 3 is 2.20 bits per heavy atom. The van der Waals surface area contributed by atoms with Gasteiger partial charge < -0.3 is 14.2 Å². The van der Waals surface area contributed by atoms with Crippen molar-refractivity contribution in [1.29, 1.82) is 0 Å². The van der Waals surface area contributed by atoms with E-state index < -0.39 is 24.0 Å². The molecule has 0 N–H and O–H groups in total. The third-order valence-corrected chi connectivity index (χ3v) is 1.17. The van der Waals surface area contributed by atoms with Crippen LogP contribution in [0.15, 0.2) is 0 Å². The molecule has 0 bridgehead atoms. The highest BCUT2D eigenvalue weighted by molar-refractivity contribution is 5.80. The molecule has 0 heterocycles. The van der Waals surface area contributed by atoms with E-state index in [0.29, 0.717) is 0 Å². The zero-order valence-electron chi connectivity index (χ0n) is 8.81. The molecule has 0 amide bonds. The SMILES string of the molecule is CCOC(=O)C([CH]OC(C)=O)OC(C)=O. The fourth-order valence-electron chi connectivity index (χ4n) is 0.692. The van der Waals surface area contributed by atoms with Crippen LogP contribution in [0, 0.1) is 6.61 Å². The molecule has 0 aromatic carbocycles. The standard InChI is InChI=1S/C9H13O6/c1-4-13-9(12)8(15-7(3)11)5-14-6(2)10/h5,8H,4H2,1-3H3. The van der Waals surface area contributed by atoms with Crippen LogP contribution in [0.2, 0.25) is 0 Å². The number of esters is 3. The number of carbonyl (C=O) groups is 3. The third-order valence-electron chi connectivity index (χ3n) is 1.17. The van der Waals surface area contributed by atoms with E-state index >= 15 is 0 Å². The average Bonchev–Trinajstić information content (AvgIpc) is 2.11. The van der Waals surface area contributed by atoms with Crippen LogP contribution in [0.5, 0.6) is 0 Å². The van der Waals surface area contributed by atoms with Crippen molar-refractivity contribution in [3.8, 4) is 0 Å². The van der Waals surface area contributed by atoms with Gasteiger partial charge in [0.05, 0.1) is 6.61 Å². The Labute approximate surface area is 87.5 Å². The number of ether oxygens (including phenoxy) is 3. The summed E-state index contributed by atoms with van der Waals surface area (Å²) < 4.78 is 13.6. The van der Waals surface area contributed by atoms with Crippen LogP contribution < -0.4 is 0 Å². The van der Waals surface area contributed by atoms with E-state index in [1.165, 1.54) is 0 Å². The normalized spacial score (nSPS) is 11.4. The second kappa shape index (κ2) is 6.80. The number of carbonyl (C=O) groups excluding carboxylic acids is 3. The predicted octanol–water partition coefficient (Wildman–Crippen LogP) is 0.206. The van der Waals surface area contributed by atoms with Crippen molar-refractivity contribution in [3.05, 3.63) is 6.61 Å². The maximum atomic E-state index is 11.2. The van der Waals surface area contributed by atoms with Gasteiger partial charge in [-0.2, -0.15) is 0 Å². The Balaban J connectivity index is 4.23. The molecule has 0 aliphatic heterocycles. The second-order valence-corrected chi connectivity index (χ2v) is 2.53. The molecular formula is C9H13O6. The van der Waals surface area contributed by atoms with Crippen molar-refractivity contribution in [2.45, 2.75) is 26.9 Å². The van der Waals surface area contributed by atoms with Crippen molar-refractivity contribution >= 4 is 17.9 Å². The maximum Gasteiger partial charge on any atom is 0.351 e. The number of hydrogen-bond acceptors (Lipinski definition) is 6. The van der Waals surface area contributed by atoms with Crippen molar-refractivity contribution in [1.82, 2.24) is 0 Å². The molecule has 0 saturated heterocycles. The van der Waals surface area contributed by atoms with Gasteiger partial charge in [-0.05, 0) is 6.92 Å². The minimum atomic E-state index is -1.31. The summed E-state index contributed by atoms with van der Waals surface area (Å²) in [6.45, 7) is 4.86. The van der Waals surface area contributed by atoms with Gasteiger partial charge in [0.1, 0.15) is 0 Å². The van der Waals surface area contributed by atoms with Gasteiger partial charge in [0.25, 0.3) is 0 Å². The summed E-state index contributed by atoms with van der Waals surface area (Å²) in [5.74, 6) is -2.07. The second-order valence-electron chi connectivity index (χ2n) is 2.53. The minimum absolute atomic E-state index is 0.143. The van der Waals surface area contributed by atoms with Gasteiger partial charge >= 0.3 is 17.9 Å². The van der Waals surface area contributed by atoms with Crippen LogP contribution >= 0.6 is 0 Å². The first kappa shape index (κ1) is 13.4. The zero-order chi connectivity index (χ0) is 11.8. The molecule has 0 saturated carbocycles. The van der Waals surface area contributed by atoms with Crippen molar-refractivity contribution in [2.24, 2.45) is 0 Å². The summed E-state index contributed by atoms with van der Waals surface area (Å²) in [5.41, 5.74) is 0. The molecule has 0 aromatic heterocycles. The lowest BCUT2D eigenvalue weighted by Gasteiger charge is -2.13. The van der Waals surface area contributed by atoms with Crippen LogP contribution in [-0.2, 0) is 28.6 Å². The topological polar surface area (TPSA) is 78.9 Å². The smallest absolute Gasteiger partial charge is 0.351 e. The highest BCUT2D eigenvalue weighted by Gasteiger charge is 2.25. The van der Waals surface area contributed by atoms with Gasteiger partial charge in [-0.3, -0.25) is 9.59 Å². The van der Waals surface area contributed by atoms with Gasteiger partial charge in [0.15, 0.2) is 6.61 Å². The van der Waals surface area contributed by atoms with Gasteiger partial charge in [-0.25, -0.2) is 4.79 Å². The highest BCUT2D eigenvalue weighted by atomic mass is 16.6. The van der Waals surface area contributed by atoms with E-state index in [2.05, 4.69) is 14.2 Å². The van der Waals surface area contributed by atoms with Crippen LogP contribution in [0.1, 0.15) is 20.8 Å². The summed E-state index contributed by atoms with van der Waals surface area (Å²) in [6.07, 6.45) is -1.31. The van der Waals surface area contributed by atoms with Crippen molar-refractivity contribution in [2.75, 3.05) is 6.61 Å². The first-order valence-corrected chi connectivity index (χ1v) is 4.31. The Bertz CT molecular complexity index is 247. The fourth-order valence-corrected chi connectivity index (χ4v) is 0.692. The summed E-state index contributed by atoms with van der Waals surface area (Å²) in [4.78, 5) is 32.3. The molecule has 1 radical (unpaired) electrons. The Morgan fingerprint density at radius 1 is 1.20 bits per heavy atom. The average molecular weight is 217 g/mol. The van der Waals surface area contributed by atoms with Crippen LogP contribution in [0.25, 0.3) is 0 Å². The minimum Gasteiger partial charge on any atom is -0.463 e. The lowest BCUT2D eigenvalue weighted by molar-refractivity contribution is -0.168. The monoisotopic (exact) mass is 217 g/mol. The molecule has 0 spiro atoms.